The molecule has 124 valence electrons. The van der Waals surface area contributed by atoms with Gasteiger partial charge in [-0.2, -0.15) is 12.7 Å². The summed E-state index contributed by atoms with van der Waals surface area (Å²) in [6.45, 7) is 3.71. The molecule has 1 aliphatic rings. The molecule has 1 aliphatic heterocycles. The highest BCUT2D eigenvalue weighted by Gasteiger charge is 2.23. The Morgan fingerprint density at radius 2 is 1.73 bits per heavy atom. The molecule has 22 heavy (non-hydrogen) atoms. The number of benzene rings is 1. The van der Waals surface area contributed by atoms with Crippen LogP contribution >= 0.6 is 0 Å². The minimum atomic E-state index is -3.36. The van der Waals surface area contributed by atoms with Crippen molar-refractivity contribution in [1.82, 2.24) is 9.03 Å². The number of hydrogen-bond acceptors (Lipinski definition) is 3. The second kappa shape index (κ2) is 7.94. The second-order valence-corrected chi connectivity index (χ2v) is 7.72. The van der Waals surface area contributed by atoms with E-state index in [1.54, 1.807) is 4.31 Å². The van der Waals surface area contributed by atoms with Gasteiger partial charge in [0.25, 0.3) is 10.2 Å². The average molecular weight is 325 g/mol. The molecule has 1 saturated heterocycles. The Morgan fingerprint density at radius 3 is 2.32 bits per heavy atom. The van der Waals surface area contributed by atoms with Gasteiger partial charge >= 0.3 is 0 Å². The van der Waals surface area contributed by atoms with Crippen LogP contribution in [0.4, 0.5) is 5.69 Å². The smallest absolute Gasteiger partial charge is 0.279 e. The maximum Gasteiger partial charge on any atom is 0.279 e. The fourth-order valence-electron chi connectivity index (χ4n) is 2.65. The van der Waals surface area contributed by atoms with E-state index in [0.717, 1.165) is 31.4 Å². The van der Waals surface area contributed by atoms with Gasteiger partial charge in [-0.25, -0.2) is 4.72 Å². The molecule has 0 aromatic heterocycles. The van der Waals surface area contributed by atoms with Crippen LogP contribution in [0.5, 0.6) is 0 Å². The number of likely N-dealkylation sites (N-methyl/N-ethyl adjacent to an activating group) is 1. The fourth-order valence-corrected chi connectivity index (χ4v) is 4.03. The van der Waals surface area contributed by atoms with E-state index in [4.69, 9.17) is 0 Å². The first kappa shape index (κ1) is 17.2. The van der Waals surface area contributed by atoms with Crippen molar-refractivity contribution in [3.05, 3.63) is 30.3 Å². The van der Waals surface area contributed by atoms with Gasteiger partial charge in [0.1, 0.15) is 0 Å². The van der Waals surface area contributed by atoms with Crippen LogP contribution in [0, 0.1) is 0 Å². The number of rotatable bonds is 6. The van der Waals surface area contributed by atoms with Gasteiger partial charge in [0, 0.05) is 38.4 Å². The van der Waals surface area contributed by atoms with E-state index < -0.39 is 10.2 Å². The van der Waals surface area contributed by atoms with Crippen molar-refractivity contribution >= 4 is 15.9 Å². The maximum atomic E-state index is 12.4. The van der Waals surface area contributed by atoms with E-state index in [1.807, 2.05) is 44.3 Å². The van der Waals surface area contributed by atoms with Gasteiger partial charge in [-0.1, -0.05) is 31.0 Å². The third kappa shape index (κ3) is 4.69. The molecule has 0 saturated carbocycles. The molecule has 1 aromatic carbocycles. The lowest BCUT2D eigenvalue weighted by molar-refractivity contribution is 0.413. The SMILES string of the molecule is C[C@H](CNS(=O)(=O)N1CCCCCC1)N(C)c1ccccc1. The van der Waals surface area contributed by atoms with Crippen LogP contribution in [0.3, 0.4) is 0 Å². The summed E-state index contributed by atoms with van der Waals surface area (Å²) < 4.78 is 29.2. The molecule has 0 spiro atoms. The number of nitrogens with one attached hydrogen (secondary N) is 1. The monoisotopic (exact) mass is 325 g/mol. The molecular weight excluding hydrogens is 298 g/mol. The molecule has 1 fully saturated rings. The molecule has 1 heterocycles. The molecule has 0 radical (unpaired) electrons. The molecule has 1 aromatic rings. The summed E-state index contributed by atoms with van der Waals surface area (Å²) in [6, 6.07) is 10.1. The first-order chi connectivity index (χ1) is 10.5. The lowest BCUT2D eigenvalue weighted by atomic mass is 10.2. The van der Waals surface area contributed by atoms with Gasteiger partial charge < -0.3 is 4.90 Å². The van der Waals surface area contributed by atoms with Crippen molar-refractivity contribution in [2.24, 2.45) is 0 Å². The summed E-state index contributed by atoms with van der Waals surface area (Å²) in [5, 5.41) is 0. The van der Waals surface area contributed by atoms with E-state index in [2.05, 4.69) is 9.62 Å². The lowest BCUT2D eigenvalue weighted by Gasteiger charge is -2.28. The van der Waals surface area contributed by atoms with E-state index in [0.29, 0.717) is 19.6 Å². The zero-order valence-electron chi connectivity index (χ0n) is 13.5. The summed E-state index contributed by atoms with van der Waals surface area (Å²) in [5.74, 6) is 0. The zero-order valence-corrected chi connectivity index (χ0v) is 14.3. The first-order valence-electron chi connectivity index (χ1n) is 8.03. The Balaban J connectivity index is 1.90. The highest BCUT2D eigenvalue weighted by Crippen LogP contribution is 2.15. The van der Waals surface area contributed by atoms with Crippen LogP contribution < -0.4 is 9.62 Å². The number of para-hydroxylation sites is 1. The number of hydrogen-bond donors (Lipinski definition) is 1. The Labute approximate surface area is 134 Å². The van der Waals surface area contributed by atoms with Crippen molar-refractivity contribution < 1.29 is 8.42 Å². The second-order valence-electron chi connectivity index (χ2n) is 5.96. The quantitative estimate of drug-likeness (QED) is 0.872. The van der Waals surface area contributed by atoms with Gasteiger partial charge in [0.05, 0.1) is 0 Å². The zero-order chi connectivity index (χ0) is 16.0. The highest BCUT2D eigenvalue weighted by molar-refractivity contribution is 7.87. The van der Waals surface area contributed by atoms with E-state index >= 15 is 0 Å². The Bertz CT molecular complexity index is 540. The molecule has 6 heteroatoms. The van der Waals surface area contributed by atoms with E-state index in [1.165, 1.54) is 0 Å². The summed E-state index contributed by atoms with van der Waals surface area (Å²) in [7, 11) is -1.37. The van der Waals surface area contributed by atoms with Crippen molar-refractivity contribution in [2.45, 2.75) is 38.6 Å². The predicted octanol–water partition coefficient (Wildman–Crippen LogP) is 2.22. The molecule has 5 nitrogen and oxygen atoms in total. The lowest BCUT2D eigenvalue weighted by Crippen LogP contribution is -2.46. The normalized spacial score (nSPS) is 18.6. The molecule has 0 aliphatic carbocycles. The van der Waals surface area contributed by atoms with Gasteiger partial charge in [-0.05, 0) is 31.9 Å². The van der Waals surface area contributed by atoms with E-state index in [-0.39, 0.29) is 6.04 Å². The summed E-state index contributed by atoms with van der Waals surface area (Å²) >= 11 is 0. The summed E-state index contributed by atoms with van der Waals surface area (Å²) in [6.07, 6.45) is 4.17. The average Bonchev–Trinajstić information content (AvgIpc) is 2.82. The van der Waals surface area contributed by atoms with Crippen LogP contribution in [0.2, 0.25) is 0 Å². The van der Waals surface area contributed by atoms with Gasteiger partial charge in [0.2, 0.25) is 0 Å². The topological polar surface area (TPSA) is 52.7 Å². The Kier molecular flexibility index (Phi) is 6.23. The predicted molar refractivity (Wildman–Crippen MR) is 91.3 cm³/mol. The van der Waals surface area contributed by atoms with Gasteiger partial charge in [-0.15, -0.1) is 0 Å². The Morgan fingerprint density at radius 1 is 1.14 bits per heavy atom. The minimum Gasteiger partial charge on any atom is -0.371 e. The Hall–Kier alpha value is -1.11. The van der Waals surface area contributed by atoms with Crippen LogP contribution in [0.1, 0.15) is 32.6 Å². The fraction of sp³-hybridized carbons (Fsp3) is 0.625. The van der Waals surface area contributed by atoms with Crippen molar-refractivity contribution in [1.29, 1.82) is 0 Å². The van der Waals surface area contributed by atoms with Gasteiger partial charge in [-0.3, -0.25) is 0 Å². The molecule has 0 unspecified atom stereocenters. The minimum absolute atomic E-state index is 0.0872. The summed E-state index contributed by atoms with van der Waals surface area (Å²) in [4.78, 5) is 2.09. The molecule has 0 bridgehead atoms. The molecule has 1 N–H and O–H groups in total. The van der Waals surface area contributed by atoms with Crippen molar-refractivity contribution in [2.75, 3.05) is 31.6 Å². The molecule has 2 rings (SSSR count). The number of anilines is 1. The van der Waals surface area contributed by atoms with Crippen LogP contribution in [-0.4, -0.2) is 45.4 Å². The summed E-state index contributed by atoms with van der Waals surface area (Å²) in [5.41, 5.74) is 1.09. The number of nitrogens with zero attached hydrogens (tertiary/aromatic N) is 2. The highest BCUT2D eigenvalue weighted by atomic mass is 32.2. The van der Waals surface area contributed by atoms with Gasteiger partial charge in [0.15, 0.2) is 0 Å². The molecule has 0 amide bonds. The molecule has 1 atom stereocenters. The van der Waals surface area contributed by atoms with Crippen molar-refractivity contribution in [3.8, 4) is 0 Å². The van der Waals surface area contributed by atoms with Crippen LogP contribution in [0.15, 0.2) is 30.3 Å². The maximum absolute atomic E-state index is 12.4. The largest absolute Gasteiger partial charge is 0.371 e. The third-order valence-corrected chi connectivity index (χ3v) is 5.87. The third-order valence-electron chi connectivity index (χ3n) is 4.29. The van der Waals surface area contributed by atoms with Crippen LogP contribution in [0.25, 0.3) is 0 Å². The van der Waals surface area contributed by atoms with Crippen molar-refractivity contribution in [3.63, 3.8) is 0 Å². The first-order valence-corrected chi connectivity index (χ1v) is 9.47. The van der Waals surface area contributed by atoms with Crippen LogP contribution in [-0.2, 0) is 10.2 Å². The molecular formula is C16H27N3O2S. The van der Waals surface area contributed by atoms with E-state index in [9.17, 15) is 8.42 Å². The standard InChI is InChI=1S/C16H27N3O2S/c1-15(18(2)16-10-6-5-7-11-16)14-17-22(20,21)19-12-8-3-4-9-13-19/h5-7,10-11,15,17H,3-4,8-9,12-14H2,1-2H3/t15-/m1/s1.